The third-order valence-corrected chi connectivity index (χ3v) is 3.96. The lowest BCUT2D eigenvalue weighted by atomic mass is 9.90. The van der Waals surface area contributed by atoms with Gasteiger partial charge in [-0.05, 0) is 37.8 Å². The number of carbonyl (C=O) groups excluding carboxylic acids is 2. The molecule has 1 aromatic rings. The highest BCUT2D eigenvalue weighted by Gasteiger charge is 2.36. The van der Waals surface area contributed by atoms with Gasteiger partial charge in [0.15, 0.2) is 0 Å². The van der Waals surface area contributed by atoms with E-state index in [4.69, 9.17) is 4.74 Å². The summed E-state index contributed by atoms with van der Waals surface area (Å²) in [4.78, 5) is 24.9. The minimum absolute atomic E-state index is 0.303. The first kappa shape index (κ1) is 19.2. The van der Waals surface area contributed by atoms with Gasteiger partial charge in [-0.3, -0.25) is 9.59 Å². The maximum Gasteiger partial charge on any atom is 0.239 e. The Morgan fingerprint density at radius 3 is 2.13 bits per heavy atom. The monoisotopic (exact) mass is 320 g/mol. The van der Waals surface area contributed by atoms with Crippen molar-refractivity contribution < 1.29 is 14.3 Å². The number of para-hydroxylation sites is 1. The maximum atomic E-state index is 12.6. The minimum Gasteiger partial charge on any atom is -0.383 e. The number of aryl methyl sites for hydroxylation is 2. The van der Waals surface area contributed by atoms with Crippen molar-refractivity contribution in [3.8, 4) is 0 Å². The molecular formula is C18H28N2O3. The van der Waals surface area contributed by atoms with Gasteiger partial charge in [0.2, 0.25) is 11.8 Å². The number of methoxy groups -OCH3 is 1. The summed E-state index contributed by atoms with van der Waals surface area (Å²) >= 11 is 0. The standard InChI is InChI=1S/C18H28N2O3/c1-6-13-9-8-10-14(7-2)15(13)20-17(22)18(3,4)16(21)19-11-12-23-5/h8-10H,6-7,11-12H2,1-5H3,(H,19,21)(H,20,22). The molecule has 23 heavy (non-hydrogen) atoms. The van der Waals surface area contributed by atoms with E-state index < -0.39 is 5.41 Å². The second-order valence-electron chi connectivity index (χ2n) is 5.99. The molecule has 0 aliphatic heterocycles. The second kappa shape index (κ2) is 8.67. The van der Waals surface area contributed by atoms with E-state index in [9.17, 15) is 9.59 Å². The van der Waals surface area contributed by atoms with E-state index in [1.807, 2.05) is 32.0 Å². The molecule has 0 bridgehead atoms. The molecule has 128 valence electrons. The molecule has 5 heteroatoms. The Morgan fingerprint density at radius 1 is 1.09 bits per heavy atom. The van der Waals surface area contributed by atoms with E-state index in [0.29, 0.717) is 13.2 Å². The fourth-order valence-corrected chi connectivity index (χ4v) is 2.26. The fourth-order valence-electron chi connectivity index (χ4n) is 2.26. The number of rotatable bonds is 8. The number of anilines is 1. The second-order valence-corrected chi connectivity index (χ2v) is 5.99. The zero-order valence-corrected chi connectivity index (χ0v) is 14.8. The van der Waals surface area contributed by atoms with E-state index in [2.05, 4.69) is 10.6 Å². The Balaban J connectivity index is 2.92. The van der Waals surface area contributed by atoms with Crippen LogP contribution in [0.15, 0.2) is 18.2 Å². The van der Waals surface area contributed by atoms with Crippen LogP contribution in [-0.4, -0.2) is 32.1 Å². The minimum atomic E-state index is -1.15. The summed E-state index contributed by atoms with van der Waals surface area (Å²) in [5.41, 5.74) is 1.83. The van der Waals surface area contributed by atoms with Gasteiger partial charge < -0.3 is 15.4 Å². The molecule has 0 radical (unpaired) electrons. The van der Waals surface area contributed by atoms with Gasteiger partial charge in [-0.15, -0.1) is 0 Å². The molecule has 0 aromatic heterocycles. The van der Waals surface area contributed by atoms with Crippen molar-refractivity contribution in [1.82, 2.24) is 5.32 Å². The Hall–Kier alpha value is -1.88. The van der Waals surface area contributed by atoms with Gasteiger partial charge in [-0.1, -0.05) is 32.0 Å². The van der Waals surface area contributed by atoms with Crippen LogP contribution in [0.1, 0.15) is 38.8 Å². The van der Waals surface area contributed by atoms with Crippen LogP contribution in [0.5, 0.6) is 0 Å². The summed E-state index contributed by atoms with van der Waals surface area (Å²) in [5, 5.41) is 5.68. The van der Waals surface area contributed by atoms with Crippen LogP contribution >= 0.6 is 0 Å². The number of ether oxygens (including phenoxy) is 1. The largest absolute Gasteiger partial charge is 0.383 e. The van der Waals surface area contributed by atoms with Crippen molar-refractivity contribution in [3.05, 3.63) is 29.3 Å². The molecule has 0 atom stereocenters. The van der Waals surface area contributed by atoms with Gasteiger partial charge in [0.25, 0.3) is 0 Å². The average Bonchev–Trinajstić information content (AvgIpc) is 2.54. The number of nitrogens with one attached hydrogen (secondary N) is 2. The van der Waals surface area contributed by atoms with E-state index in [-0.39, 0.29) is 11.8 Å². The summed E-state index contributed by atoms with van der Waals surface area (Å²) in [7, 11) is 1.57. The van der Waals surface area contributed by atoms with Crippen molar-refractivity contribution in [2.45, 2.75) is 40.5 Å². The predicted molar refractivity (Wildman–Crippen MR) is 92.5 cm³/mol. The number of amides is 2. The van der Waals surface area contributed by atoms with Gasteiger partial charge in [0, 0.05) is 19.3 Å². The normalized spacial score (nSPS) is 11.2. The maximum absolute atomic E-state index is 12.6. The zero-order chi connectivity index (χ0) is 17.5. The van der Waals surface area contributed by atoms with Crippen molar-refractivity contribution >= 4 is 17.5 Å². The first-order chi connectivity index (χ1) is 10.9. The molecule has 2 amide bonds. The first-order valence-corrected chi connectivity index (χ1v) is 8.07. The lowest BCUT2D eigenvalue weighted by Gasteiger charge is -2.24. The lowest BCUT2D eigenvalue weighted by Crippen LogP contribution is -2.46. The third kappa shape index (κ3) is 4.79. The van der Waals surface area contributed by atoms with Crippen LogP contribution in [-0.2, 0) is 27.2 Å². The predicted octanol–water partition coefficient (Wildman–Crippen LogP) is 2.54. The van der Waals surface area contributed by atoms with E-state index in [0.717, 1.165) is 29.7 Å². The van der Waals surface area contributed by atoms with Crippen LogP contribution in [0.2, 0.25) is 0 Å². The van der Waals surface area contributed by atoms with E-state index >= 15 is 0 Å². The Labute approximate surface area is 138 Å². The number of hydrogen-bond acceptors (Lipinski definition) is 3. The van der Waals surface area contributed by atoms with Gasteiger partial charge >= 0.3 is 0 Å². The molecular weight excluding hydrogens is 292 g/mol. The Kier molecular flexibility index (Phi) is 7.23. The molecule has 1 aromatic carbocycles. The molecule has 1 rings (SSSR count). The van der Waals surface area contributed by atoms with Gasteiger partial charge in [0.1, 0.15) is 5.41 Å². The fraction of sp³-hybridized carbons (Fsp3) is 0.556. The SMILES string of the molecule is CCc1cccc(CC)c1NC(=O)C(C)(C)C(=O)NCCOC. The Morgan fingerprint density at radius 2 is 1.65 bits per heavy atom. The molecule has 0 aliphatic rings. The summed E-state index contributed by atoms with van der Waals surface area (Å²) in [6.07, 6.45) is 1.65. The zero-order valence-electron chi connectivity index (χ0n) is 14.8. The van der Waals surface area contributed by atoms with Gasteiger partial charge in [-0.25, -0.2) is 0 Å². The molecule has 0 heterocycles. The summed E-state index contributed by atoms with van der Waals surface area (Å²) < 4.78 is 4.91. The lowest BCUT2D eigenvalue weighted by molar-refractivity contribution is -0.138. The highest BCUT2D eigenvalue weighted by atomic mass is 16.5. The number of benzene rings is 1. The van der Waals surface area contributed by atoms with Crippen LogP contribution in [0.3, 0.4) is 0 Å². The highest BCUT2D eigenvalue weighted by molar-refractivity contribution is 6.10. The molecule has 0 unspecified atom stereocenters. The molecule has 0 fully saturated rings. The molecule has 0 aliphatic carbocycles. The quantitative estimate of drug-likeness (QED) is 0.571. The average molecular weight is 320 g/mol. The highest BCUT2D eigenvalue weighted by Crippen LogP contribution is 2.26. The molecule has 0 spiro atoms. The summed E-state index contributed by atoms with van der Waals surface area (Å²) in [5.74, 6) is -0.609. The van der Waals surface area contributed by atoms with Crippen LogP contribution < -0.4 is 10.6 Å². The van der Waals surface area contributed by atoms with Crippen molar-refractivity contribution in [1.29, 1.82) is 0 Å². The molecule has 2 N–H and O–H groups in total. The van der Waals surface area contributed by atoms with Crippen LogP contribution in [0.4, 0.5) is 5.69 Å². The molecule has 0 saturated carbocycles. The first-order valence-electron chi connectivity index (χ1n) is 8.07. The van der Waals surface area contributed by atoms with Crippen molar-refractivity contribution in [2.75, 3.05) is 25.6 Å². The van der Waals surface area contributed by atoms with Crippen LogP contribution in [0.25, 0.3) is 0 Å². The number of carbonyl (C=O) groups is 2. The van der Waals surface area contributed by atoms with Crippen LogP contribution in [0, 0.1) is 5.41 Å². The topological polar surface area (TPSA) is 67.4 Å². The van der Waals surface area contributed by atoms with Crippen molar-refractivity contribution in [3.63, 3.8) is 0 Å². The smallest absolute Gasteiger partial charge is 0.239 e. The van der Waals surface area contributed by atoms with E-state index in [1.54, 1.807) is 21.0 Å². The third-order valence-electron chi connectivity index (χ3n) is 3.96. The molecule has 0 saturated heterocycles. The van der Waals surface area contributed by atoms with Gasteiger partial charge in [-0.2, -0.15) is 0 Å². The van der Waals surface area contributed by atoms with E-state index in [1.165, 1.54) is 0 Å². The van der Waals surface area contributed by atoms with Crippen molar-refractivity contribution in [2.24, 2.45) is 5.41 Å². The number of hydrogen-bond donors (Lipinski definition) is 2. The summed E-state index contributed by atoms with van der Waals surface area (Å²) in [6, 6.07) is 6.00. The molecule has 5 nitrogen and oxygen atoms in total. The van der Waals surface area contributed by atoms with Gasteiger partial charge in [0.05, 0.1) is 6.61 Å². The Bertz CT molecular complexity index is 531. The summed E-state index contributed by atoms with van der Waals surface area (Å²) in [6.45, 7) is 8.16.